The van der Waals surface area contributed by atoms with Crippen molar-refractivity contribution in [2.24, 2.45) is 5.41 Å². The van der Waals surface area contributed by atoms with E-state index >= 15 is 0 Å². The van der Waals surface area contributed by atoms with E-state index in [1.54, 1.807) is 9.58 Å². The van der Waals surface area contributed by atoms with E-state index in [0.717, 1.165) is 10.0 Å². The third kappa shape index (κ3) is 4.03. The summed E-state index contributed by atoms with van der Waals surface area (Å²) in [6, 6.07) is 24.6. The molecule has 0 bridgehead atoms. The number of para-hydroxylation sites is 1. The normalized spacial score (nSPS) is 20.0. The molecule has 0 spiro atoms. The van der Waals surface area contributed by atoms with Gasteiger partial charge in [-0.2, -0.15) is 5.10 Å². The molecule has 0 saturated carbocycles. The minimum absolute atomic E-state index is 0.0774. The van der Waals surface area contributed by atoms with E-state index in [2.05, 4.69) is 15.9 Å². The van der Waals surface area contributed by atoms with Crippen LogP contribution in [0.5, 0.6) is 0 Å². The highest BCUT2D eigenvalue weighted by molar-refractivity contribution is 9.10. The number of ketones is 1. The lowest BCUT2D eigenvalue weighted by molar-refractivity contribution is -0.125. The van der Waals surface area contributed by atoms with Crippen LogP contribution < -0.4 is 10.6 Å². The molecule has 7 nitrogen and oxygen atoms in total. The largest absolute Gasteiger partial charge is 0.512 e. The van der Waals surface area contributed by atoms with Gasteiger partial charge in [0.15, 0.2) is 5.78 Å². The highest BCUT2D eigenvalue weighted by Crippen LogP contribution is 2.57. The number of benzene rings is 3. The zero-order chi connectivity index (χ0) is 29.1. The summed E-state index contributed by atoms with van der Waals surface area (Å²) in [5, 5.41) is 16.7. The second-order valence-electron chi connectivity index (χ2n) is 11.4. The Labute approximate surface area is 247 Å². The summed E-state index contributed by atoms with van der Waals surface area (Å²) >= 11 is 3.60. The quantitative estimate of drug-likeness (QED) is 0.261. The number of rotatable bonds is 5. The second kappa shape index (κ2) is 9.73. The predicted octanol–water partition coefficient (Wildman–Crippen LogP) is 6.74. The summed E-state index contributed by atoms with van der Waals surface area (Å²) in [7, 11) is 0. The number of allylic oxidation sites excluding steroid dienone is 1. The Balaban J connectivity index is 1.81. The molecular weight excluding hydrogens is 580 g/mol. The fourth-order valence-electron chi connectivity index (χ4n) is 6.47. The molecule has 1 unspecified atom stereocenters. The SMILES string of the molecule is CCN1C(=O)C(C2=C(O)CC(C)(C)CC2=O)(c2c(-c3ccccc3)nn(-c3ccccc3)c2N)c2cc(Br)ccc21. The number of Topliss-reactive ketones (excluding diaryl/α,β-unsaturated/α-hetero) is 1. The Bertz CT molecular complexity index is 1730. The van der Waals surface area contributed by atoms with E-state index in [0.29, 0.717) is 34.7 Å². The zero-order valence-corrected chi connectivity index (χ0v) is 24.8. The number of hydrogen-bond acceptors (Lipinski definition) is 5. The van der Waals surface area contributed by atoms with Crippen LogP contribution in [0, 0.1) is 5.41 Å². The van der Waals surface area contributed by atoms with Gasteiger partial charge in [0.2, 0.25) is 5.91 Å². The maximum absolute atomic E-state index is 15.0. The van der Waals surface area contributed by atoms with Crippen molar-refractivity contribution >= 4 is 39.1 Å². The number of amides is 1. The van der Waals surface area contributed by atoms with Crippen molar-refractivity contribution in [2.75, 3.05) is 17.2 Å². The molecular formula is C33H31BrN4O3. The Morgan fingerprint density at radius 1 is 0.976 bits per heavy atom. The lowest BCUT2D eigenvalue weighted by Gasteiger charge is -2.38. The van der Waals surface area contributed by atoms with Gasteiger partial charge in [0.1, 0.15) is 17.0 Å². The molecule has 6 rings (SSSR count). The van der Waals surface area contributed by atoms with E-state index in [4.69, 9.17) is 10.8 Å². The zero-order valence-electron chi connectivity index (χ0n) is 23.2. The van der Waals surface area contributed by atoms with E-state index in [1.807, 2.05) is 99.6 Å². The first-order chi connectivity index (χ1) is 19.6. The third-order valence-corrected chi connectivity index (χ3v) is 8.60. The lowest BCUT2D eigenvalue weighted by Crippen LogP contribution is -2.47. The molecule has 2 heterocycles. The Morgan fingerprint density at radius 3 is 2.27 bits per heavy atom. The molecule has 208 valence electrons. The molecule has 41 heavy (non-hydrogen) atoms. The van der Waals surface area contributed by atoms with Crippen LogP contribution in [-0.4, -0.2) is 33.1 Å². The van der Waals surface area contributed by atoms with Crippen LogP contribution in [0.25, 0.3) is 16.9 Å². The number of hydrogen-bond donors (Lipinski definition) is 2. The molecule has 0 fully saturated rings. The topological polar surface area (TPSA) is 101 Å². The van der Waals surface area contributed by atoms with E-state index in [9.17, 15) is 14.7 Å². The van der Waals surface area contributed by atoms with Gasteiger partial charge in [-0.15, -0.1) is 0 Å². The summed E-state index contributed by atoms with van der Waals surface area (Å²) < 4.78 is 2.36. The molecule has 1 aliphatic heterocycles. The number of likely N-dealkylation sites (N-methyl/N-ethyl adjacent to an activating group) is 1. The number of anilines is 2. The molecule has 1 aromatic heterocycles. The van der Waals surface area contributed by atoms with Crippen molar-refractivity contribution in [2.45, 2.75) is 39.0 Å². The van der Waals surface area contributed by atoms with E-state index in [-0.39, 0.29) is 41.7 Å². The van der Waals surface area contributed by atoms with Crippen LogP contribution in [-0.2, 0) is 15.0 Å². The van der Waals surface area contributed by atoms with Crippen molar-refractivity contribution in [1.82, 2.24) is 9.78 Å². The van der Waals surface area contributed by atoms with Crippen LogP contribution in [0.3, 0.4) is 0 Å². The maximum Gasteiger partial charge on any atom is 0.247 e. The smallest absolute Gasteiger partial charge is 0.247 e. The van der Waals surface area contributed by atoms with Crippen LogP contribution in [0.1, 0.15) is 44.7 Å². The average Bonchev–Trinajstić information content (AvgIpc) is 3.40. The van der Waals surface area contributed by atoms with Gasteiger partial charge in [0.25, 0.3) is 0 Å². The van der Waals surface area contributed by atoms with Crippen molar-refractivity contribution in [3.05, 3.63) is 106 Å². The molecule has 8 heteroatoms. The number of aliphatic hydroxyl groups excluding tert-OH is 1. The van der Waals surface area contributed by atoms with Crippen molar-refractivity contribution < 1.29 is 14.7 Å². The number of aromatic nitrogens is 2. The number of halogens is 1. The number of fused-ring (bicyclic) bond motifs is 1. The number of aliphatic hydroxyl groups is 1. The predicted molar refractivity (Wildman–Crippen MR) is 164 cm³/mol. The van der Waals surface area contributed by atoms with E-state index < -0.39 is 10.8 Å². The summed E-state index contributed by atoms with van der Waals surface area (Å²) in [6.07, 6.45) is 0.441. The minimum atomic E-state index is -1.71. The van der Waals surface area contributed by atoms with Gasteiger partial charge < -0.3 is 15.7 Å². The van der Waals surface area contributed by atoms with Crippen molar-refractivity contribution in [3.8, 4) is 16.9 Å². The van der Waals surface area contributed by atoms with Crippen LogP contribution >= 0.6 is 15.9 Å². The maximum atomic E-state index is 15.0. The van der Waals surface area contributed by atoms with Gasteiger partial charge in [-0.3, -0.25) is 9.59 Å². The summed E-state index contributed by atoms with van der Waals surface area (Å²) in [4.78, 5) is 30.8. The molecule has 1 aliphatic carbocycles. The lowest BCUT2D eigenvalue weighted by atomic mass is 9.62. The van der Waals surface area contributed by atoms with Gasteiger partial charge in [-0.25, -0.2) is 4.68 Å². The number of carbonyl (C=O) groups is 2. The number of nitrogens with zero attached hydrogens (tertiary/aromatic N) is 3. The third-order valence-electron chi connectivity index (χ3n) is 8.11. The monoisotopic (exact) mass is 610 g/mol. The minimum Gasteiger partial charge on any atom is -0.512 e. The molecule has 0 saturated heterocycles. The fraction of sp³-hybridized carbons (Fsp3) is 0.242. The van der Waals surface area contributed by atoms with Gasteiger partial charge in [0.05, 0.1) is 17.0 Å². The van der Waals surface area contributed by atoms with Gasteiger partial charge in [-0.1, -0.05) is 78.3 Å². The van der Waals surface area contributed by atoms with Crippen molar-refractivity contribution in [1.29, 1.82) is 0 Å². The van der Waals surface area contributed by atoms with E-state index in [1.165, 1.54) is 0 Å². The Morgan fingerprint density at radius 2 is 1.63 bits per heavy atom. The fourth-order valence-corrected chi connectivity index (χ4v) is 6.83. The molecule has 1 amide bonds. The summed E-state index contributed by atoms with van der Waals surface area (Å²) in [6.45, 7) is 6.16. The molecule has 2 aliphatic rings. The number of nitrogen functional groups attached to an aromatic ring is 1. The van der Waals surface area contributed by atoms with Crippen LogP contribution in [0.2, 0.25) is 0 Å². The van der Waals surface area contributed by atoms with Crippen LogP contribution in [0.4, 0.5) is 11.5 Å². The standard InChI is InChI=1S/C33H31BrN4O3/c1-4-37-24-16-15-21(34)17-23(24)33(31(37)41,27-25(39)18-32(2,3)19-26(27)40)28-29(20-11-7-5-8-12-20)36-38(30(28)35)22-13-9-6-10-14-22/h5-17,39H,4,18-19,35H2,1-3H3. The average molecular weight is 612 g/mol. The highest BCUT2D eigenvalue weighted by atomic mass is 79.9. The molecule has 0 radical (unpaired) electrons. The number of nitrogens with two attached hydrogens (primary N) is 1. The molecule has 1 atom stereocenters. The summed E-state index contributed by atoms with van der Waals surface area (Å²) in [5.41, 5.74) is 8.52. The summed E-state index contributed by atoms with van der Waals surface area (Å²) in [5.74, 6) is -0.472. The first-order valence-electron chi connectivity index (χ1n) is 13.7. The van der Waals surface area contributed by atoms with Gasteiger partial charge in [-0.05, 0) is 42.7 Å². The molecule has 4 aromatic rings. The first-order valence-corrected chi connectivity index (χ1v) is 14.5. The Kier molecular flexibility index (Phi) is 6.41. The highest BCUT2D eigenvalue weighted by Gasteiger charge is 2.61. The van der Waals surface area contributed by atoms with Gasteiger partial charge >= 0.3 is 0 Å². The van der Waals surface area contributed by atoms with Crippen molar-refractivity contribution in [3.63, 3.8) is 0 Å². The van der Waals surface area contributed by atoms with Gasteiger partial charge in [0, 0.05) is 46.2 Å². The first kappa shape index (κ1) is 27.0. The number of carbonyl (C=O) groups excluding carboxylic acids is 2. The molecule has 3 aromatic carbocycles. The second-order valence-corrected chi connectivity index (χ2v) is 12.4. The Hall–Kier alpha value is -4.17. The van der Waals surface area contributed by atoms with Crippen LogP contribution in [0.15, 0.2) is 94.7 Å². The molecule has 3 N–H and O–H groups in total.